The molecule has 0 aromatic carbocycles. The first-order valence-electron chi connectivity index (χ1n) is 7.33. The van der Waals surface area contributed by atoms with Gasteiger partial charge in [-0.2, -0.15) is 0 Å². The lowest BCUT2D eigenvalue weighted by Gasteiger charge is -2.24. The molecule has 0 aliphatic heterocycles. The Morgan fingerprint density at radius 2 is 1.90 bits per heavy atom. The van der Waals surface area contributed by atoms with Crippen molar-refractivity contribution >= 4 is 11.8 Å². The zero-order valence-electron chi connectivity index (χ0n) is 13.9. The molecular weight excluding hydrogens is 266 g/mol. The van der Waals surface area contributed by atoms with Crippen LogP contribution in [-0.2, 0) is 11.3 Å². The van der Waals surface area contributed by atoms with Crippen molar-refractivity contribution in [3.05, 3.63) is 30.1 Å². The summed E-state index contributed by atoms with van der Waals surface area (Å²) in [6, 6.07) is 4.85. The lowest BCUT2D eigenvalue weighted by Crippen LogP contribution is -2.48. The molecule has 0 saturated carbocycles. The SMILES string of the molecule is CC.CC(=O)C(NC(=O)N(C)Cc1ccccn1)C(C)C. The van der Waals surface area contributed by atoms with Crippen LogP contribution < -0.4 is 5.32 Å². The molecule has 21 heavy (non-hydrogen) atoms. The Bertz CT molecular complexity index is 432. The minimum Gasteiger partial charge on any atom is -0.328 e. The van der Waals surface area contributed by atoms with E-state index < -0.39 is 6.04 Å². The van der Waals surface area contributed by atoms with Crippen LogP contribution in [0.4, 0.5) is 4.79 Å². The largest absolute Gasteiger partial charge is 0.328 e. The maximum Gasteiger partial charge on any atom is 0.318 e. The van der Waals surface area contributed by atoms with Gasteiger partial charge in [-0.25, -0.2) is 4.79 Å². The van der Waals surface area contributed by atoms with Crippen LogP contribution in [0.15, 0.2) is 24.4 Å². The minimum atomic E-state index is -0.446. The first-order valence-corrected chi connectivity index (χ1v) is 7.33. The van der Waals surface area contributed by atoms with E-state index in [1.165, 1.54) is 11.8 Å². The van der Waals surface area contributed by atoms with Gasteiger partial charge in [0.1, 0.15) is 0 Å². The summed E-state index contributed by atoms with van der Waals surface area (Å²) in [7, 11) is 1.68. The number of Topliss-reactive ketones (excluding diaryl/α,β-unsaturated/α-hetero) is 1. The minimum absolute atomic E-state index is 0.0328. The lowest BCUT2D eigenvalue weighted by atomic mass is 10.0. The van der Waals surface area contributed by atoms with Crippen LogP contribution in [-0.4, -0.2) is 34.8 Å². The highest BCUT2D eigenvalue weighted by Gasteiger charge is 2.22. The smallest absolute Gasteiger partial charge is 0.318 e. The molecule has 0 aliphatic rings. The Kier molecular flexibility index (Phi) is 9.01. The molecule has 0 fully saturated rings. The summed E-state index contributed by atoms with van der Waals surface area (Å²) in [6.07, 6.45) is 1.69. The number of carbonyl (C=O) groups excluding carboxylic acids is 2. The molecule has 0 saturated heterocycles. The van der Waals surface area contributed by atoms with Gasteiger partial charge >= 0.3 is 6.03 Å². The van der Waals surface area contributed by atoms with Crippen LogP contribution in [0.25, 0.3) is 0 Å². The van der Waals surface area contributed by atoms with Crippen molar-refractivity contribution in [2.45, 2.75) is 47.2 Å². The summed E-state index contributed by atoms with van der Waals surface area (Å²) in [5, 5.41) is 2.75. The molecule has 1 unspecified atom stereocenters. The van der Waals surface area contributed by atoms with Gasteiger partial charge in [0.2, 0.25) is 0 Å². The summed E-state index contributed by atoms with van der Waals surface area (Å²) >= 11 is 0. The zero-order chi connectivity index (χ0) is 16.4. The molecule has 0 aliphatic carbocycles. The van der Waals surface area contributed by atoms with Crippen molar-refractivity contribution < 1.29 is 9.59 Å². The predicted molar refractivity (Wildman–Crippen MR) is 84.9 cm³/mol. The van der Waals surface area contributed by atoms with E-state index in [0.717, 1.165) is 5.69 Å². The summed E-state index contributed by atoms with van der Waals surface area (Å²) < 4.78 is 0. The lowest BCUT2D eigenvalue weighted by molar-refractivity contribution is -0.119. The Hall–Kier alpha value is -1.91. The van der Waals surface area contributed by atoms with Crippen molar-refractivity contribution in [1.29, 1.82) is 0 Å². The fraction of sp³-hybridized carbons (Fsp3) is 0.562. The van der Waals surface area contributed by atoms with Gasteiger partial charge in [0, 0.05) is 13.2 Å². The average Bonchev–Trinajstić information content (AvgIpc) is 2.46. The second-order valence-corrected chi connectivity index (χ2v) is 4.96. The van der Waals surface area contributed by atoms with E-state index in [9.17, 15) is 9.59 Å². The van der Waals surface area contributed by atoms with Crippen LogP contribution in [0, 0.1) is 5.92 Å². The first-order chi connectivity index (χ1) is 9.91. The first kappa shape index (κ1) is 19.1. The highest BCUT2D eigenvalue weighted by Crippen LogP contribution is 2.05. The normalized spacial score (nSPS) is 11.2. The van der Waals surface area contributed by atoms with E-state index in [4.69, 9.17) is 0 Å². The van der Waals surface area contributed by atoms with Crippen molar-refractivity contribution in [3.63, 3.8) is 0 Å². The van der Waals surface area contributed by atoms with Crippen LogP contribution in [0.1, 0.15) is 40.3 Å². The molecule has 118 valence electrons. The van der Waals surface area contributed by atoms with Gasteiger partial charge in [0.25, 0.3) is 0 Å². The summed E-state index contributed by atoms with van der Waals surface area (Å²) in [6.45, 7) is 9.72. The number of urea groups is 1. The van der Waals surface area contributed by atoms with Gasteiger partial charge in [-0.15, -0.1) is 0 Å². The number of ketones is 1. The molecule has 0 bridgehead atoms. The predicted octanol–water partition coefficient (Wildman–Crippen LogP) is 2.86. The molecule has 1 aromatic heterocycles. The number of amides is 2. The second kappa shape index (κ2) is 9.91. The quantitative estimate of drug-likeness (QED) is 0.908. The van der Waals surface area contributed by atoms with Gasteiger partial charge < -0.3 is 10.2 Å². The fourth-order valence-electron chi connectivity index (χ4n) is 1.79. The number of nitrogens with one attached hydrogen (secondary N) is 1. The topological polar surface area (TPSA) is 62.3 Å². The maximum absolute atomic E-state index is 12.0. The van der Waals surface area contributed by atoms with E-state index in [1.807, 2.05) is 45.9 Å². The molecule has 1 N–H and O–H groups in total. The molecule has 1 atom stereocenters. The molecule has 1 rings (SSSR count). The Labute approximate surface area is 127 Å². The van der Waals surface area contributed by atoms with Crippen LogP contribution in [0.3, 0.4) is 0 Å². The third-order valence-corrected chi connectivity index (χ3v) is 2.86. The molecule has 1 heterocycles. The average molecular weight is 293 g/mol. The number of hydrogen-bond acceptors (Lipinski definition) is 3. The van der Waals surface area contributed by atoms with E-state index in [2.05, 4.69) is 10.3 Å². The molecule has 1 aromatic rings. The van der Waals surface area contributed by atoms with Crippen LogP contribution >= 0.6 is 0 Å². The van der Waals surface area contributed by atoms with Gasteiger partial charge in [-0.05, 0) is 25.0 Å². The van der Waals surface area contributed by atoms with Gasteiger partial charge in [0.15, 0.2) is 5.78 Å². The molecule has 5 nitrogen and oxygen atoms in total. The summed E-state index contributed by atoms with van der Waals surface area (Å²) in [5.41, 5.74) is 0.809. The molecule has 0 spiro atoms. The third-order valence-electron chi connectivity index (χ3n) is 2.86. The van der Waals surface area contributed by atoms with E-state index in [1.54, 1.807) is 13.2 Å². The Balaban J connectivity index is 0.00000191. The van der Waals surface area contributed by atoms with E-state index in [0.29, 0.717) is 6.54 Å². The number of nitrogens with zero attached hydrogens (tertiary/aromatic N) is 2. The van der Waals surface area contributed by atoms with Crippen molar-refractivity contribution in [2.75, 3.05) is 7.05 Å². The van der Waals surface area contributed by atoms with E-state index in [-0.39, 0.29) is 17.7 Å². The highest BCUT2D eigenvalue weighted by molar-refractivity contribution is 5.87. The number of carbonyl (C=O) groups is 2. The Morgan fingerprint density at radius 3 is 2.33 bits per heavy atom. The molecule has 2 amide bonds. The standard InChI is InChI=1S/C14H21N3O2.C2H6/c1-10(2)13(11(3)18)16-14(19)17(4)9-12-7-5-6-8-15-12;1-2/h5-8,10,13H,9H2,1-4H3,(H,16,19);1-2H3. The molecule has 0 radical (unpaired) electrons. The monoisotopic (exact) mass is 293 g/mol. The molecule has 5 heteroatoms. The van der Waals surface area contributed by atoms with Crippen LogP contribution in [0.5, 0.6) is 0 Å². The van der Waals surface area contributed by atoms with Crippen molar-refractivity contribution in [2.24, 2.45) is 5.92 Å². The van der Waals surface area contributed by atoms with Crippen molar-refractivity contribution in [1.82, 2.24) is 15.2 Å². The highest BCUT2D eigenvalue weighted by atomic mass is 16.2. The van der Waals surface area contributed by atoms with Gasteiger partial charge in [-0.3, -0.25) is 9.78 Å². The Morgan fingerprint density at radius 1 is 1.29 bits per heavy atom. The number of aromatic nitrogens is 1. The van der Waals surface area contributed by atoms with Gasteiger partial charge in [-0.1, -0.05) is 33.8 Å². The van der Waals surface area contributed by atoms with Gasteiger partial charge in [0.05, 0.1) is 18.3 Å². The number of rotatable bonds is 5. The van der Waals surface area contributed by atoms with E-state index >= 15 is 0 Å². The third kappa shape index (κ3) is 6.88. The number of pyridine rings is 1. The number of hydrogen-bond donors (Lipinski definition) is 1. The van der Waals surface area contributed by atoms with Crippen molar-refractivity contribution in [3.8, 4) is 0 Å². The second-order valence-electron chi connectivity index (χ2n) is 4.96. The maximum atomic E-state index is 12.0. The van der Waals surface area contributed by atoms with Crippen LogP contribution in [0.2, 0.25) is 0 Å². The summed E-state index contributed by atoms with van der Waals surface area (Å²) in [5.74, 6) is 0.0410. The fourth-order valence-corrected chi connectivity index (χ4v) is 1.79. The molecular formula is C16H27N3O2. The summed E-state index contributed by atoms with van der Waals surface area (Å²) in [4.78, 5) is 29.1. The zero-order valence-corrected chi connectivity index (χ0v) is 13.9.